The van der Waals surface area contributed by atoms with Gasteiger partial charge in [-0.1, -0.05) is 24.3 Å². The monoisotopic (exact) mass is 293 g/mol. The quantitative estimate of drug-likeness (QED) is 0.753. The highest BCUT2D eigenvalue weighted by atomic mass is 16.5. The van der Waals surface area contributed by atoms with Crippen molar-refractivity contribution < 1.29 is 9.53 Å². The molecule has 0 unspecified atom stereocenters. The smallest absolute Gasteiger partial charge is 0.256 e. The van der Waals surface area contributed by atoms with Crippen LogP contribution in [0.3, 0.4) is 0 Å². The average Bonchev–Trinajstić information content (AvgIpc) is 2.53. The van der Waals surface area contributed by atoms with E-state index in [1.54, 1.807) is 19.2 Å². The number of ketones is 1. The first-order valence-corrected chi connectivity index (χ1v) is 6.91. The van der Waals surface area contributed by atoms with Crippen molar-refractivity contribution in [3.8, 4) is 16.9 Å². The van der Waals surface area contributed by atoms with Crippen LogP contribution in [0.4, 0.5) is 0 Å². The number of Topliss-reactive ketones (excluding diaryl/α,β-unsaturated/α-hetero) is 1. The van der Waals surface area contributed by atoms with Crippen LogP contribution in [-0.4, -0.2) is 17.9 Å². The molecular formula is C18H15NO3. The summed E-state index contributed by atoms with van der Waals surface area (Å²) in [6, 6.07) is 14.5. The van der Waals surface area contributed by atoms with Gasteiger partial charge in [0.1, 0.15) is 5.75 Å². The Morgan fingerprint density at radius 3 is 2.41 bits per heavy atom. The number of methoxy groups -OCH3 is 1. The van der Waals surface area contributed by atoms with Gasteiger partial charge in [0.25, 0.3) is 5.56 Å². The number of pyridine rings is 1. The van der Waals surface area contributed by atoms with Crippen molar-refractivity contribution in [2.24, 2.45) is 0 Å². The van der Waals surface area contributed by atoms with Crippen molar-refractivity contribution in [3.05, 3.63) is 64.4 Å². The molecule has 2 aromatic carbocycles. The number of aromatic amines is 1. The van der Waals surface area contributed by atoms with E-state index in [4.69, 9.17) is 4.74 Å². The molecule has 0 amide bonds. The Labute approximate surface area is 127 Å². The second-order valence-electron chi connectivity index (χ2n) is 5.10. The van der Waals surface area contributed by atoms with E-state index in [9.17, 15) is 9.59 Å². The van der Waals surface area contributed by atoms with Gasteiger partial charge in [0, 0.05) is 16.6 Å². The fraction of sp³-hybridized carbons (Fsp3) is 0.111. The first-order chi connectivity index (χ1) is 10.6. The number of benzene rings is 2. The second-order valence-corrected chi connectivity index (χ2v) is 5.10. The van der Waals surface area contributed by atoms with Gasteiger partial charge < -0.3 is 9.72 Å². The van der Waals surface area contributed by atoms with Crippen molar-refractivity contribution in [3.63, 3.8) is 0 Å². The van der Waals surface area contributed by atoms with E-state index >= 15 is 0 Å². The van der Waals surface area contributed by atoms with Crippen LogP contribution in [0.5, 0.6) is 5.75 Å². The summed E-state index contributed by atoms with van der Waals surface area (Å²) in [5, 5.41) is 0.885. The molecule has 0 aliphatic rings. The summed E-state index contributed by atoms with van der Waals surface area (Å²) in [4.78, 5) is 26.6. The molecule has 1 N–H and O–H groups in total. The van der Waals surface area contributed by atoms with E-state index in [0.29, 0.717) is 16.6 Å². The van der Waals surface area contributed by atoms with E-state index in [-0.39, 0.29) is 11.3 Å². The zero-order chi connectivity index (χ0) is 15.7. The molecular weight excluding hydrogens is 278 g/mol. The van der Waals surface area contributed by atoms with Crippen molar-refractivity contribution in [1.82, 2.24) is 4.98 Å². The normalized spacial score (nSPS) is 10.6. The van der Waals surface area contributed by atoms with Gasteiger partial charge >= 0.3 is 0 Å². The molecule has 0 fully saturated rings. The predicted octanol–water partition coefficient (Wildman–Crippen LogP) is 3.41. The number of hydrogen-bond acceptors (Lipinski definition) is 3. The lowest BCUT2D eigenvalue weighted by Gasteiger charge is -2.06. The molecule has 0 saturated heterocycles. The number of H-pyrrole nitrogens is 1. The van der Waals surface area contributed by atoms with Gasteiger partial charge in [-0.3, -0.25) is 9.59 Å². The minimum atomic E-state index is -0.182. The average molecular weight is 293 g/mol. The molecule has 0 atom stereocenters. The fourth-order valence-electron chi connectivity index (χ4n) is 2.41. The molecule has 0 saturated carbocycles. The Morgan fingerprint density at radius 1 is 1.05 bits per heavy atom. The fourth-order valence-corrected chi connectivity index (χ4v) is 2.41. The van der Waals surface area contributed by atoms with Crippen molar-refractivity contribution in [2.75, 3.05) is 7.11 Å². The molecule has 22 heavy (non-hydrogen) atoms. The molecule has 0 radical (unpaired) electrons. The van der Waals surface area contributed by atoms with Gasteiger partial charge in [0.15, 0.2) is 5.78 Å². The molecule has 0 aliphatic heterocycles. The van der Waals surface area contributed by atoms with Gasteiger partial charge in [-0.05, 0) is 42.1 Å². The van der Waals surface area contributed by atoms with Gasteiger partial charge in [-0.2, -0.15) is 0 Å². The Kier molecular flexibility index (Phi) is 3.51. The second kappa shape index (κ2) is 5.48. The molecule has 0 bridgehead atoms. The molecule has 1 aromatic heterocycles. The van der Waals surface area contributed by atoms with Crippen molar-refractivity contribution in [1.29, 1.82) is 0 Å². The van der Waals surface area contributed by atoms with Crippen LogP contribution in [0.15, 0.2) is 53.3 Å². The van der Waals surface area contributed by atoms with Gasteiger partial charge in [-0.15, -0.1) is 0 Å². The largest absolute Gasteiger partial charge is 0.497 e. The topological polar surface area (TPSA) is 59.2 Å². The number of hydrogen-bond donors (Lipinski definition) is 1. The van der Waals surface area contributed by atoms with Crippen LogP contribution in [0, 0.1) is 0 Å². The highest BCUT2D eigenvalue weighted by Crippen LogP contribution is 2.22. The standard InChI is InChI=1S/C18H15NO3/c1-11(20)13-3-4-14-9-16(18(21)19-17(14)10-13)12-5-7-15(22-2)8-6-12/h3-10H,1-2H3,(H,19,21). The molecule has 3 aromatic rings. The van der Waals surface area contributed by atoms with Gasteiger partial charge in [-0.25, -0.2) is 0 Å². The summed E-state index contributed by atoms with van der Waals surface area (Å²) in [5.41, 5.74) is 2.47. The van der Waals surface area contributed by atoms with Crippen LogP contribution in [0.1, 0.15) is 17.3 Å². The maximum atomic E-state index is 12.3. The summed E-state index contributed by atoms with van der Waals surface area (Å²) in [5.74, 6) is 0.717. The van der Waals surface area contributed by atoms with Crippen LogP contribution < -0.4 is 10.3 Å². The summed E-state index contributed by atoms with van der Waals surface area (Å²) >= 11 is 0. The molecule has 110 valence electrons. The van der Waals surface area contributed by atoms with Crippen molar-refractivity contribution >= 4 is 16.7 Å². The van der Waals surface area contributed by atoms with Crippen molar-refractivity contribution in [2.45, 2.75) is 6.92 Å². The Morgan fingerprint density at radius 2 is 1.77 bits per heavy atom. The zero-order valence-corrected chi connectivity index (χ0v) is 12.3. The number of aromatic nitrogens is 1. The van der Waals surface area contributed by atoms with Crippen LogP contribution >= 0.6 is 0 Å². The van der Waals surface area contributed by atoms with E-state index < -0.39 is 0 Å². The Bertz CT molecular complexity index is 908. The van der Waals surface area contributed by atoms with Crippen LogP contribution in [-0.2, 0) is 0 Å². The first kappa shape index (κ1) is 14.1. The number of ether oxygens (including phenoxy) is 1. The lowest BCUT2D eigenvalue weighted by molar-refractivity contribution is 0.101. The molecule has 0 aliphatic carbocycles. The number of carbonyl (C=O) groups excluding carboxylic acids is 1. The number of nitrogens with one attached hydrogen (secondary N) is 1. The van der Waals surface area contributed by atoms with Gasteiger partial charge in [0.05, 0.1) is 7.11 Å². The van der Waals surface area contributed by atoms with Crippen LogP contribution in [0.2, 0.25) is 0 Å². The highest BCUT2D eigenvalue weighted by molar-refractivity contribution is 5.98. The minimum absolute atomic E-state index is 0.0259. The highest BCUT2D eigenvalue weighted by Gasteiger charge is 2.07. The third kappa shape index (κ3) is 2.51. The summed E-state index contributed by atoms with van der Waals surface area (Å²) < 4.78 is 5.12. The first-order valence-electron chi connectivity index (χ1n) is 6.91. The summed E-state index contributed by atoms with van der Waals surface area (Å²) in [6.07, 6.45) is 0. The molecule has 4 heteroatoms. The molecule has 1 heterocycles. The Balaban J connectivity index is 2.14. The molecule has 3 rings (SSSR count). The van der Waals surface area contributed by atoms with E-state index in [1.165, 1.54) is 6.92 Å². The predicted molar refractivity (Wildman–Crippen MR) is 86.6 cm³/mol. The lowest BCUT2D eigenvalue weighted by Crippen LogP contribution is -2.09. The number of rotatable bonds is 3. The minimum Gasteiger partial charge on any atom is -0.497 e. The number of fused-ring (bicyclic) bond motifs is 1. The van der Waals surface area contributed by atoms with E-state index in [1.807, 2.05) is 36.4 Å². The molecule has 0 spiro atoms. The van der Waals surface area contributed by atoms with Crippen LogP contribution in [0.25, 0.3) is 22.0 Å². The third-order valence-corrected chi connectivity index (χ3v) is 3.65. The third-order valence-electron chi connectivity index (χ3n) is 3.65. The molecule has 4 nitrogen and oxygen atoms in total. The summed E-state index contributed by atoms with van der Waals surface area (Å²) in [7, 11) is 1.60. The lowest BCUT2D eigenvalue weighted by atomic mass is 10.0. The SMILES string of the molecule is COc1ccc(-c2cc3ccc(C(C)=O)cc3[nH]c2=O)cc1. The zero-order valence-electron chi connectivity index (χ0n) is 12.3. The maximum Gasteiger partial charge on any atom is 0.256 e. The number of carbonyl (C=O) groups is 1. The maximum absolute atomic E-state index is 12.3. The van der Waals surface area contributed by atoms with E-state index in [0.717, 1.165) is 16.7 Å². The summed E-state index contributed by atoms with van der Waals surface area (Å²) in [6.45, 7) is 1.50. The Hall–Kier alpha value is -2.88. The van der Waals surface area contributed by atoms with Gasteiger partial charge in [0.2, 0.25) is 0 Å². The van der Waals surface area contributed by atoms with E-state index in [2.05, 4.69) is 4.98 Å².